The van der Waals surface area contributed by atoms with Crippen LogP contribution in [-0.2, 0) is 16.8 Å². The molecule has 2 aromatic rings. The number of nitrogens with zero attached hydrogens (tertiary/aromatic N) is 4. The molecule has 0 aliphatic heterocycles. The third-order valence-corrected chi connectivity index (χ3v) is 4.39. The number of benzene rings is 1. The van der Waals surface area contributed by atoms with Gasteiger partial charge in [0.15, 0.2) is 5.69 Å². The predicted molar refractivity (Wildman–Crippen MR) is 88.4 cm³/mol. The number of amides is 2. The largest absolute Gasteiger partial charge is 0.350 e. The molecular formula is C17H21N5O2. The van der Waals surface area contributed by atoms with Crippen LogP contribution in [0, 0.1) is 0 Å². The van der Waals surface area contributed by atoms with Crippen LogP contribution < -0.4 is 5.32 Å². The molecule has 7 nitrogen and oxygen atoms in total. The van der Waals surface area contributed by atoms with Gasteiger partial charge in [0.2, 0.25) is 5.91 Å². The Hall–Kier alpha value is -2.70. The third-order valence-electron chi connectivity index (χ3n) is 4.39. The van der Waals surface area contributed by atoms with Gasteiger partial charge in [0.1, 0.15) is 6.54 Å². The van der Waals surface area contributed by atoms with Crippen LogP contribution in [-0.4, -0.2) is 52.3 Å². The first-order valence-electron chi connectivity index (χ1n) is 7.94. The third kappa shape index (κ3) is 3.45. The molecular weight excluding hydrogens is 306 g/mol. The number of rotatable bonds is 6. The molecule has 126 valence electrons. The molecule has 2 amide bonds. The number of nitrogens with one attached hydrogen (secondary N) is 1. The number of likely N-dealkylation sites (N-methyl/N-ethyl adjacent to an activating group) is 1. The van der Waals surface area contributed by atoms with Crippen LogP contribution in [0.2, 0.25) is 0 Å². The molecule has 1 heterocycles. The molecule has 1 fully saturated rings. The van der Waals surface area contributed by atoms with E-state index in [0.29, 0.717) is 6.54 Å². The summed E-state index contributed by atoms with van der Waals surface area (Å²) < 4.78 is 1.38. The zero-order valence-electron chi connectivity index (χ0n) is 13.9. The van der Waals surface area contributed by atoms with E-state index < -0.39 is 0 Å². The lowest BCUT2D eigenvalue weighted by molar-refractivity contribution is -0.129. The first-order valence-corrected chi connectivity index (χ1v) is 7.94. The van der Waals surface area contributed by atoms with Crippen molar-refractivity contribution in [2.24, 2.45) is 0 Å². The van der Waals surface area contributed by atoms with E-state index in [-0.39, 0.29) is 29.5 Å². The maximum absolute atomic E-state index is 12.3. The zero-order chi connectivity index (χ0) is 17.2. The molecule has 0 unspecified atom stereocenters. The molecule has 0 radical (unpaired) electrons. The highest BCUT2D eigenvalue weighted by Gasteiger charge is 2.44. The lowest BCUT2D eigenvalue weighted by Gasteiger charge is -2.15. The average molecular weight is 327 g/mol. The molecule has 1 aromatic heterocycles. The molecule has 7 heteroatoms. The van der Waals surface area contributed by atoms with Crippen LogP contribution in [0.3, 0.4) is 0 Å². The Balaban J connectivity index is 1.58. The Bertz CT molecular complexity index is 734. The number of hydrogen-bond acceptors (Lipinski definition) is 4. The van der Waals surface area contributed by atoms with Gasteiger partial charge in [-0.05, 0) is 18.4 Å². The molecule has 1 aromatic carbocycles. The van der Waals surface area contributed by atoms with Gasteiger partial charge in [-0.1, -0.05) is 35.5 Å². The summed E-state index contributed by atoms with van der Waals surface area (Å²) in [5, 5.41) is 10.6. The second-order valence-electron chi connectivity index (χ2n) is 6.42. The molecule has 0 spiro atoms. The van der Waals surface area contributed by atoms with Crippen molar-refractivity contribution < 1.29 is 9.59 Å². The Morgan fingerprint density at radius 1 is 1.25 bits per heavy atom. The van der Waals surface area contributed by atoms with Crippen molar-refractivity contribution in [3.8, 4) is 0 Å². The summed E-state index contributed by atoms with van der Waals surface area (Å²) in [4.78, 5) is 25.4. The first kappa shape index (κ1) is 16.2. The molecule has 1 saturated carbocycles. The van der Waals surface area contributed by atoms with E-state index in [2.05, 4.69) is 27.8 Å². The summed E-state index contributed by atoms with van der Waals surface area (Å²) in [5.74, 6) is -0.367. The fraction of sp³-hybridized carbons (Fsp3) is 0.412. The minimum atomic E-state index is -0.263. The minimum absolute atomic E-state index is 0.0494. The van der Waals surface area contributed by atoms with Crippen LogP contribution in [0.5, 0.6) is 0 Å². The van der Waals surface area contributed by atoms with Crippen molar-refractivity contribution in [3.05, 3.63) is 47.8 Å². The standard InChI is InChI=1S/C17H21N5O2/c1-21(2)15(23)11-22-10-14(19-20-22)16(24)18-12-17(8-9-17)13-6-4-3-5-7-13/h3-7,10H,8-9,11-12H2,1-2H3,(H,18,24). The predicted octanol–water partition coefficient (Wildman–Crippen LogP) is 0.828. The average Bonchev–Trinajstić information content (AvgIpc) is 3.24. The highest BCUT2D eigenvalue weighted by Crippen LogP contribution is 2.47. The van der Waals surface area contributed by atoms with Crippen molar-refractivity contribution >= 4 is 11.8 Å². The summed E-state index contributed by atoms with van der Waals surface area (Å²) >= 11 is 0. The fourth-order valence-corrected chi connectivity index (χ4v) is 2.61. The molecule has 1 aliphatic rings. The van der Waals surface area contributed by atoms with E-state index in [0.717, 1.165) is 12.8 Å². The molecule has 3 rings (SSSR count). The van der Waals surface area contributed by atoms with E-state index >= 15 is 0 Å². The lowest BCUT2D eigenvalue weighted by Crippen LogP contribution is -2.32. The number of carbonyl (C=O) groups excluding carboxylic acids is 2. The van der Waals surface area contributed by atoms with E-state index in [4.69, 9.17) is 0 Å². The van der Waals surface area contributed by atoms with Crippen molar-refractivity contribution in [1.82, 2.24) is 25.2 Å². The van der Waals surface area contributed by atoms with E-state index in [1.54, 1.807) is 14.1 Å². The van der Waals surface area contributed by atoms with Gasteiger partial charge in [-0.3, -0.25) is 9.59 Å². The van der Waals surface area contributed by atoms with E-state index in [9.17, 15) is 9.59 Å². The van der Waals surface area contributed by atoms with Crippen molar-refractivity contribution in [1.29, 1.82) is 0 Å². The summed E-state index contributed by atoms with van der Waals surface area (Å²) in [6, 6.07) is 10.2. The van der Waals surface area contributed by atoms with Crippen LogP contribution in [0.4, 0.5) is 0 Å². The maximum atomic E-state index is 12.3. The number of aromatic nitrogens is 3. The van der Waals surface area contributed by atoms with Crippen LogP contribution in [0.15, 0.2) is 36.5 Å². The van der Waals surface area contributed by atoms with Crippen molar-refractivity contribution in [2.45, 2.75) is 24.8 Å². The van der Waals surface area contributed by atoms with Gasteiger partial charge in [0, 0.05) is 26.1 Å². The van der Waals surface area contributed by atoms with Crippen LogP contribution in [0.1, 0.15) is 28.9 Å². The van der Waals surface area contributed by atoms with Gasteiger partial charge < -0.3 is 10.2 Å². The molecule has 0 atom stereocenters. The van der Waals surface area contributed by atoms with Crippen molar-refractivity contribution in [2.75, 3.05) is 20.6 Å². The lowest BCUT2D eigenvalue weighted by atomic mass is 9.96. The quantitative estimate of drug-likeness (QED) is 0.852. The second-order valence-corrected chi connectivity index (χ2v) is 6.42. The van der Waals surface area contributed by atoms with Gasteiger partial charge in [-0.2, -0.15) is 0 Å². The van der Waals surface area contributed by atoms with Gasteiger partial charge in [-0.15, -0.1) is 5.10 Å². The Kier molecular flexibility index (Phi) is 4.33. The van der Waals surface area contributed by atoms with Gasteiger partial charge in [-0.25, -0.2) is 4.68 Å². The van der Waals surface area contributed by atoms with Crippen LogP contribution in [0.25, 0.3) is 0 Å². The topological polar surface area (TPSA) is 80.1 Å². The molecule has 1 N–H and O–H groups in total. The summed E-state index contributed by atoms with van der Waals surface area (Å²) in [6.07, 6.45) is 3.64. The SMILES string of the molecule is CN(C)C(=O)Cn1cc(C(=O)NCC2(c3ccccc3)CC2)nn1. The molecule has 1 aliphatic carbocycles. The highest BCUT2D eigenvalue weighted by atomic mass is 16.2. The van der Waals surface area contributed by atoms with Gasteiger partial charge in [0.05, 0.1) is 6.20 Å². The number of hydrogen-bond donors (Lipinski definition) is 1. The van der Waals surface area contributed by atoms with E-state index in [1.807, 2.05) is 18.2 Å². The summed E-state index contributed by atoms with van der Waals surface area (Å²) in [7, 11) is 3.34. The van der Waals surface area contributed by atoms with Crippen molar-refractivity contribution in [3.63, 3.8) is 0 Å². The smallest absolute Gasteiger partial charge is 0.273 e. The Labute approximate surface area is 140 Å². The first-order chi connectivity index (χ1) is 11.5. The van der Waals surface area contributed by atoms with Crippen LogP contribution >= 0.6 is 0 Å². The summed E-state index contributed by atoms with van der Waals surface area (Å²) in [5.41, 5.74) is 1.53. The van der Waals surface area contributed by atoms with Gasteiger partial charge >= 0.3 is 0 Å². The highest BCUT2D eigenvalue weighted by molar-refractivity contribution is 5.92. The summed E-state index contributed by atoms with van der Waals surface area (Å²) in [6.45, 7) is 0.653. The zero-order valence-corrected chi connectivity index (χ0v) is 13.9. The van der Waals surface area contributed by atoms with Gasteiger partial charge in [0.25, 0.3) is 5.91 Å². The number of carbonyl (C=O) groups is 2. The normalized spacial score (nSPS) is 14.9. The maximum Gasteiger partial charge on any atom is 0.273 e. The second kappa shape index (κ2) is 6.43. The molecule has 24 heavy (non-hydrogen) atoms. The minimum Gasteiger partial charge on any atom is -0.350 e. The molecule has 0 saturated heterocycles. The van der Waals surface area contributed by atoms with E-state index in [1.165, 1.54) is 21.3 Å². The monoisotopic (exact) mass is 327 g/mol. The fourth-order valence-electron chi connectivity index (χ4n) is 2.61. The Morgan fingerprint density at radius 2 is 1.96 bits per heavy atom. The Morgan fingerprint density at radius 3 is 2.58 bits per heavy atom. The molecule has 0 bridgehead atoms.